The molecule has 0 radical (unpaired) electrons. The fourth-order valence-corrected chi connectivity index (χ4v) is 3.20. The van der Waals surface area contributed by atoms with Gasteiger partial charge >= 0.3 is 0 Å². The zero-order valence-electron chi connectivity index (χ0n) is 12.1. The van der Waals surface area contributed by atoms with Crippen LogP contribution in [0.4, 0.5) is 0 Å². The van der Waals surface area contributed by atoms with E-state index in [1.807, 2.05) is 33.7 Å². The van der Waals surface area contributed by atoms with E-state index in [-0.39, 0.29) is 5.91 Å². The van der Waals surface area contributed by atoms with Gasteiger partial charge in [-0.2, -0.15) is 0 Å². The Morgan fingerprint density at radius 1 is 1.14 bits per heavy atom. The second kappa shape index (κ2) is 5.15. The molecule has 3 heterocycles. The van der Waals surface area contributed by atoms with Crippen LogP contribution in [0.2, 0.25) is 0 Å². The summed E-state index contributed by atoms with van der Waals surface area (Å²) in [7, 11) is 0. The number of carbonyl (C=O) groups is 1. The Bertz CT molecular complexity index is 661. The summed E-state index contributed by atoms with van der Waals surface area (Å²) in [5.74, 6) is 0.103. The number of hydrogen-bond donors (Lipinski definition) is 0. The Hall–Kier alpha value is -1.88. The SMILES string of the molecule is O=C(c1cnc2ccccn12)N1CCCN(C2CC2)CC1. The van der Waals surface area contributed by atoms with Crippen LogP contribution in [-0.2, 0) is 0 Å². The molecule has 0 aromatic carbocycles. The fraction of sp³-hybridized carbons (Fsp3) is 0.500. The lowest BCUT2D eigenvalue weighted by Crippen LogP contribution is -2.36. The second-order valence-electron chi connectivity index (χ2n) is 5.99. The largest absolute Gasteiger partial charge is 0.336 e. The summed E-state index contributed by atoms with van der Waals surface area (Å²) in [6.07, 6.45) is 7.34. The highest BCUT2D eigenvalue weighted by Gasteiger charge is 2.31. The van der Waals surface area contributed by atoms with Gasteiger partial charge < -0.3 is 4.90 Å². The van der Waals surface area contributed by atoms with Crippen LogP contribution < -0.4 is 0 Å². The molecule has 1 saturated carbocycles. The smallest absolute Gasteiger partial charge is 0.272 e. The van der Waals surface area contributed by atoms with Crippen LogP contribution in [0, 0.1) is 0 Å². The molecule has 5 nitrogen and oxygen atoms in total. The summed E-state index contributed by atoms with van der Waals surface area (Å²) in [6.45, 7) is 3.81. The standard InChI is InChI=1S/C16H20N4O/c21-16(14-12-17-15-4-1-2-9-20(14)15)19-8-3-7-18(10-11-19)13-5-6-13/h1-2,4,9,12-13H,3,5-8,10-11H2. The first-order valence-electron chi connectivity index (χ1n) is 7.78. The van der Waals surface area contributed by atoms with E-state index < -0.39 is 0 Å². The minimum absolute atomic E-state index is 0.103. The average Bonchev–Trinajstić information content (AvgIpc) is 3.29. The van der Waals surface area contributed by atoms with Crippen molar-refractivity contribution in [2.45, 2.75) is 25.3 Å². The number of carbonyl (C=O) groups excluding carboxylic acids is 1. The zero-order chi connectivity index (χ0) is 14.2. The minimum Gasteiger partial charge on any atom is -0.336 e. The van der Waals surface area contributed by atoms with E-state index in [4.69, 9.17) is 0 Å². The molecule has 2 aromatic heterocycles. The van der Waals surface area contributed by atoms with Crippen LogP contribution in [0.1, 0.15) is 29.8 Å². The van der Waals surface area contributed by atoms with Gasteiger partial charge in [0.25, 0.3) is 5.91 Å². The predicted molar refractivity (Wildman–Crippen MR) is 80.3 cm³/mol. The van der Waals surface area contributed by atoms with Gasteiger partial charge in [-0.3, -0.25) is 14.1 Å². The van der Waals surface area contributed by atoms with E-state index in [1.54, 1.807) is 6.20 Å². The predicted octanol–water partition coefficient (Wildman–Crippen LogP) is 1.64. The molecule has 1 aliphatic carbocycles. The molecule has 1 aliphatic heterocycles. The highest BCUT2D eigenvalue weighted by atomic mass is 16.2. The lowest BCUT2D eigenvalue weighted by Gasteiger charge is -2.21. The molecule has 4 rings (SSSR count). The summed E-state index contributed by atoms with van der Waals surface area (Å²) < 4.78 is 1.88. The lowest BCUT2D eigenvalue weighted by molar-refractivity contribution is 0.0754. The van der Waals surface area contributed by atoms with E-state index in [1.165, 1.54) is 12.8 Å². The molecule has 5 heteroatoms. The van der Waals surface area contributed by atoms with E-state index in [9.17, 15) is 4.79 Å². The molecule has 0 bridgehead atoms. The molecule has 0 spiro atoms. The molecule has 2 aromatic rings. The van der Waals surface area contributed by atoms with Gasteiger partial charge in [0.15, 0.2) is 0 Å². The molecular weight excluding hydrogens is 264 g/mol. The molecule has 21 heavy (non-hydrogen) atoms. The summed E-state index contributed by atoms with van der Waals surface area (Å²) in [5, 5.41) is 0. The minimum atomic E-state index is 0.103. The molecule has 1 saturated heterocycles. The van der Waals surface area contributed by atoms with E-state index >= 15 is 0 Å². The van der Waals surface area contributed by atoms with Crippen molar-refractivity contribution in [3.63, 3.8) is 0 Å². The maximum absolute atomic E-state index is 12.8. The molecule has 2 fully saturated rings. The topological polar surface area (TPSA) is 40.9 Å². The Labute approximate surface area is 124 Å². The first-order valence-corrected chi connectivity index (χ1v) is 7.78. The molecule has 0 unspecified atom stereocenters. The summed E-state index contributed by atoms with van der Waals surface area (Å²) >= 11 is 0. The van der Waals surface area contributed by atoms with Crippen LogP contribution in [-0.4, -0.2) is 57.3 Å². The number of imidazole rings is 1. The third-order valence-electron chi connectivity index (χ3n) is 4.52. The Morgan fingerprint density at radius 3 is 2.90 bits per heavy atom. The molecule has 110 valence electrons. The van der Waals surface area contributed by atoms with Gasteiger partial charge in [0, 0.05) is 38.4 Å². The lowest BCUT2D eigenvalue weighted by atomic mass is 10.3. The number of fused-ring (bicyclic) bond motifs is 1. The van der Waals surface area contributed by atoms with Gasteiger partial charge in [0.1, 0.15) is 11.3 Å². The molecule has 0 atom stereocenters. The van der Waals surface area contributed by atoms with Crippen molar-refractivity contribution >= 4 is 11.6 Å². The van der Waals surface area contributed by atoms with Gasteiger partial charge in [-0.25, -0.2) is 4.98 Å². The number of hydrogen-bond acceptors (Lipinski definition) is 3. The highest BCUT2D eigenvalue weighted by Crippen LogP contribution is 2.27. The van der Waals surface area contributed by atoms with Crippen molar-refractivity contribution in [1.82, 2.24) is 19.2 Å². The van der Waals surface area contributed by atoms with Gasteiger partial charge in [-0.05, 0) is 31.4 Å². The van der Waals surface area contributed by atoms with Crippen LogP contribution in [0.5, 0.6) is 0 Å². The van der Waals surface area contributed by atoms with Crippen molar-refractivity contribution in [2.75, 3.05) is 26.2 Å². The number of nitrogens with zero attached hydrogens (tertiary/aromatic N) is 4. The van der Waals surface area contributed by atoms with Crippen molar-refractivity contribution < 1.29 is 4.79 Å². The van der Waals surface area contributed by atoms with E-state index in [2.05, 4.69) is 9.88 Å². The fourth-order valence-electron chi connectivity index (χ4n) is 3.20. The van der Waals surface area contributed by atoms with E-state index in [0.717, 1.165) is 44.3 Å². The quantitative estimate of drug-likeness (QED) is 0.842. The maximum atomic E-state index is 12.8. The normalized spacial score (nSPS) is 20.7. The third kappa shape index (κ3) is 2.42. The number of pyridine rings is 1. The van der Waals surface area contributed by atoms with Crippen LogP contribution in [0.15, 0.2) is 30.6 Å². The summed E-state index contributed by atoms with van der Waals surface area (Å²) in [6, 6.07) is 6.59. The van der Waals surface area contributed by atoms with Gasteiger partial charge in [0.05, 0.1) is 6.20 Å². The molecule has 0 N–H and O–H groups in total. The van der Waals surface area contributed by atoms with Crippen LogP contribution in [0.25, 0.3) is 5.65 Å². The van der Waals surface area contributed by atoms with Gasteiger partial charge in [-0.1, -0.05) is 6.07 Å². The zero-order valence-corrected chi connectivity index (χ0v) is 12.1. The number of amides is 1. The second-order valence-corrected chi connectivity index (χ2v) is 5.99. The Morgan fingerprint density at radius 2 is 2.05 bits per heavy atom. The van der Waals surface area contributed by atoms with Crippen LogP contribution >= 0.6 is 0 Å². The third-order valence-corrected chi connectivity index (χ3v) is 4.52. The van der Waals surface area contributed by atoms with Gasteiger partial charge in [-0.15, -0.1) is 0 Å². The summed E-state index contributed by atoms with van der Waals surface area (Å²) in [4.78, 5) is 21.6. The number of aromatic nitrogens is 2. The average molecular weight is 284 g/mol. The van der Waals surface area contributed by atoms with Crippen molar-refractivity contribution in [3.8, 4) is 0 Å². The molecular formula is C16H20N4O. The van der Waals surface area contributed by atoms with E-state index in [0.29, 0.717) is 5.69 Å². The first kappa shape index (κ1) is 12.8. The monoisotopic (exact) mass is 284 g/mol. The molecule has 2 aliphatic rings. The Balaban J connectivity index is 1.53. The molecule has 1 amide bonds. The Kier molecular flexibility index (Phi) is 3.15. The van der Waals surface area contributed by atoms with Crippen LogP contribution in [0.3, 0.4) is 0 Å². The first-order chi connectivity index (χ1) is 10.3. The van der Waals surface area contributed by atoms with Crippen molar-refractivity contribution in [2.24, 2.45) is 0 Å². The van der Waals surface area contributed by atoms with Gasteiger partial charge in [0.2, 0.25) is 0 Å². The van der Waals surface area contributed by atoms with Crippen molar-refractivity contribution in [1.29, 1.82) is 0 Å². The summed E-state index contributed by atoms with van der Waals surface area (Å²) in [5.41, 5.74) is 1.50. The number of rotatable bonds is 2. The highest BCUT2D eigenvalue weighted by molar-refractivity contribution is 5.93. The van der Waals surface area contributed by atoms with Crippen molar-refractivity contribution in [3.05, 3.63) is 36.3 Å². The maximum Gasteiger partial charge on any atom is 0.272 e.